The van der Waals surface area contributed by atoms with Crippen LogP contribution in [-0.4, -0.2) is 58.1 Å². The van der Waals surface area contributed by atoms with Gasteiger partial charge in [-0.2, -0.15) is 0 Å². The third kappa shape index (κ3) is 6.40. The number of halogens is 2. The van der Waals surface area contributed by atoms with E-state index in [-0.39, 0.29) is 24.4 Å². The van der Waals surface area contributed by atoms with Crippen molar-refractivity contribution in [3.8, 4) is 0 Å². The fraction of sp³-hybridized carbons (Fsp3) is 0.469. The van der Waals surface area contributed by atoms with Gasteiger partial charge in [-0.1, -0.05) is 0 Å². The number of aliphatic hydroxyl groups excluding tert-OH is 1. The Balaban J connectivity index is 1.27. The Morgan fingerprint density at radius 1 is 1.07 bits per heavy atom. The van der Waals surface area contributed by atoms with Crippen LogP contribution in [0.5, 0.6) is 0 Å². The third-order valence-electron chi connectivity index (χ3n) is 8.57. The lowest BCUT2D eigenvalue weighted by atomic mass is 9.94. The summed E-state index contributed by atoms with van der Waals surface area (Å²) in [6.07, 6.45) is 4.45. The second-order valence-electron chi connectivity index (χ2n) is 11.9. The van der Waals surface area contributed by atoms with Gasteiger partial charge in [-0.3, -0.25) is 9.59 Å². The second-order valence-corrected chi connectivity index (χ2v) is 12.7. The first-order valence-electron chi connectivity index (χ1n) is 14.8. The van der Waals surface area contributed by atoms with Crippen LogP contribution in [0.1, 0.15) is 93.0 Å². The Labute approximate surface area is 248 Å². The molecule has 1 aromatic heterocycles. The van der Waals surface area contributed by atoms with E-state index in [0.717, 1.165) is 67.4 Å². The van der Waals surface area contributed by atoms with Crippen molar-refractivity contribution in [1.29, 1.82) is 0 Å². The predicted molar refractivity (Wildman–Crippen MR) is 157 cm³/mol. The van der Waals surface area contributed by atoms with Crippen LogP contribution < -0.4 is 10.6 Å². The quantitative estimate of drug-likeness (QED) is 0.323. The molecule has 3 N–H and O–H groups in total. The van der Waals surface area contributed by atoms with Crippen molar-refractivity contribution >= 4 is 23.2 Å². The molecule has 6 rings (SSSR count). The average Bonchev–Trinajstić information content (AvgIpc) is 3.30. The predicted octanol–water partition coefficient (Wildman–Crippen LogP) is 5.04. The highest BCUT2D eigenvalue weighted by molar-refractivity contribution is 7.09. The van der Waals surface area contributed by atoms with E-state index in [2.05, 4.69) is 15.6 Å². The molecule has 2 aromatic carbocycles. The third-order valence-corrected chi connectivity index (χ3v) is 9.63. The van der Waals surface area contributed by atoms with Crippen molar-refractivity contribution in [2.24, 2.45) is 0 Å². The highest BCUT2D eigenvalue weighted by Crippen LogP contribution is 2.41. The number of nitrogens with zero attached hydrogens (tertiary/aromatic N) is 2. The van der Waals surface area contributed by atoms with Gasteiger partial charge in [-0.15, -0.1) is 11.3 Å². The van der Waals surface area contributed by atoms with E-state index in [9.17, 15) is 23.5 Å². The molecule has 4 atom stereocenters. The van der Waals surface area contributed by atoms with Gasteiger partial charge < -0.3 is 20.6 Å². The Morgan fingerprint density at radius 2 is 1.83 bits per heavy atom. The van der Waals surface area contributed by atoms with Crippen LogP contribution in [0.15, 0.2) is 41.8 Å². The van der Waals surface area contributed by atoms with Gasteiger partial charge in [-0.25, -0.2) is 13.8 Å². The summed E-state index contributed by atoms with van der Waals surface area (Å²) in [5.41, 5.74) is 3.04. The van der Waals surface area contributed by atoms with Crippen LogP contribution in [0.25, 0.3) is 0 Å². The van der Waals surface area contributed by atoms with Crippen LogP contribution in [-0.2, 0) is 6.42 Å². The lowest BCUT2D eigenvalue weighted by Crippen LogP contribution is -2.52. The summed E-state index contributed by atoms with van der Waals surface area (Å²) < 4.78 is 28.0. The van der Waals surface area contributed by atoms with Crippen molar-refractivity contribution in [1.82, 2.24) is 20.5 Å². The monoisotopic (exact) mass is 594 g/mol. The SMILES string of the molecule is Cc1csc(C2CCCN2C(=O)c2cc(C(=O)NC(Cc3cc(F)cc(F)c3)C(O)C3CCCN3)cc(C3CC3)c2)n1. The molecule has 4 unspecified atom stereocenters. The maximum absolute atomic E-state index is 14.0. The number of likely N-dealkylation sites (tertiary alicyclic amines) is 1. The molecule has 1 aliphatic carbocycles. The second kappa shape index (κ2) is 12.2. The molecule has 2 amide bonds. The van der Waals surface area contributed by atoms with Gasteiger partial charge in [0.15, 0.2) is 0 Å². The normalized spacial score (nSPS) is 21.9. The largest absolute Gasteiger partial charge is 0.389 e. The summed E-state index contributed by atoms with van der Waals surface area (Å²) in [4.78, 5) is 34.1. The fourth-order valence-corrected chi connectivity index (χ4v) is 7.23. The Kier molecular flexibility index (Phi) is 8.38. The topological polar surface area (TPSA) is 94.6 Å². The number of hydrogen-bond donors (Lipinski definition) is 3. The van der Waals surface area contributed by atoms with E-state index in [1.54, 1.807) is 17.4 Å². The molecule has 0 bridgehead atoms. The number of aliphatic hydroxyl groups is 1. The summed E-state index contributed by atoms with van der Waals surface area (Å²) in [5.74, 6) is -1.67. The minimum Gasteiger partial charge on any atom is -0.389 e. The van der Waals surface area contributed by atoms with Crippen LogP contribution in [0, 0.1) is 18.6 Å². The first-order valence-corrected chi connectivity index (χ1v) is 15.7. The number of carbonyl (C=O) groups excluding carboxylic acids is 2. The van der Waals surface area contributed by atoms with Crippen molar-refractivity contribution in [2.45, 2.75) is 82.0 Å². The number of aryl methyl sites for hydroxylation is 1. The molecule has 2 saturated heterocycles. The number of benzene rings is 2. The number of rotatable bonds is 9. The summed E-state index contributed by atoms with van der Waals surface area (Å²) in [6, 6.07) is 7.48. The highest BCUT2D eigenvalue weighted by atomic mass is 32.1. The van der Waals surface area contributed by atoms with Crippen molar-refractivity contribution in [2.75, 3.05) is 13.1 Å². The molecule has 1 saturated carbocycles. The standard InChI is InChI=1S/C32H36F2N4O3S/c1-18-17-42-31(36-18)28-5-3-9-38(28)32(41)23-14-21(20-6-7-20)13-22(15-23)30(40)37-27(29(39)26-4-2-8-35-26)12-19-10-24(33)16-25(34)11-19/h10-11,13-17,20,26-29,35,39H,2-9,12H2,1H3,(H,37,40). The van der Waals surface area contributed by atoms with Crippen molar-refractivity contribution < 1.29 is 23.5 Å². The van der Waals surface area contributed by atoms with Crippen LogP contribution in [0.3, 0.4) is 0 Å². The van der Waals surface area contributed by atoms with Gasteiger partial charge in [0, 0.05) is 40.9 Å². The average molecular weight is 595 g/mol. The smallest absolute Gasteiger partial charge is 0.254 e. The minimum atomic E-state index is -0.970. The fourth-order valence-electron chi connectivity index (χ4n) is 6.29. The zero-order valence-electron chi connectivity index (χ0n) is 23.6. The van der Waals surface area contributed by atoms with Crippen LogP contribution in [0.2, 0.25) is 0 Å². The Bertz CT molecular complexity index is 1450. The molecule has 3 heterocycles. The van der Waals surface area contributed by atoms with Crippen molar-refractivity contribution in [3.63, 3.8) is 0 Å². The van der Waals surface area contributed by atoms with E-state index in [1.165, 1.54) is 12.1 Å². The van der Waals surface area contributed by atoms with E-state index >= 15 is 0 Å². The lowest BCUT2D eigenvalue weighted by molar-refractivity contribution is 0.0733. The molecule has 2 aliphatic heterocycles. The molecule has 7 nitrogen and oxygen atoms in total. The van der Waals surface area contributed by atoms with E-state index in [1.807, 2.05) is 29.3 Å². The molecule has 0 spiro atoms. The van der Waals surface area contributed by atoms with E-state index in [0.29, 0.717) is 29.2 Å². The molecule has 3 fully saturated rings. The number of nitrogens with one attached hydrogen (secondary N) is 2. The summed E-state index contributed by atoms with van der Waals surface area (Å²) in [7, 11) is 0. The van der Waals surface area contributed by atoms with Gasteiger partial charge >= 0.3 is 0 Å². The molecular formula is C32H36F2N4O3S. The van der Waals surface area contributed by atoms with Crippen LogP contribution in [0.4, 0.5) is 8.78 Å². The lowest BCUT2D eigenvalue weighted by Gasteiger charge is -2.29. The number of carbonyl (C=O) groups is 2. The van der Waals surface area contributed by atoms with Gasteiger partial charge in [0.25, 0.3) is 11.8 Å². The number of aromatic nitrogens is 1. The maximum Gasteiger partial charge on any atom is 0.254 e. The highest BCUT2D eigenvalue weighted by Gasteiger charge is 2.35. The summed E-state index contributed by atoms with van der Waals surface area (Å²) in [6.45, 7) is 3.33. The number of thiazole rings is 1. The Morgan fingerprint density at radius 3 is 2.50 bits per heavy atom. The minimum absolute atomic E-state index is 0.0521. The number of amides is 2. The van der Waals surface area contributed by atoms with Gasteiger partial charge in [0.2, 0.25) is 0 Å². The van der Waals surface area contributed by atoms with Crippen molar-refractivity contribution in [3.05, 3.63) is 86.4 Å². The van der Waals surface area contributed by atoms with Gasteiger partial charge in [0.1, 0.15) is 16.6 Å². The molecular weight excluding hydrogens is 558 g/mol. The van der Waals surface area contributed by atoms with Gasteiger partial charge in [-0.05, 0) is 106 Å². The zero-order chi connectivity index (χ0) is 29.4. The van der Waals surface area contributed by atoms with E-state index < -0.39 is 29.7 Å². The molecule has 0 radical (unpaired) electrons. The Hall–Kier alpha value is -3.21. The molecule has 3 aliphatic rings. The number of hydrogen-bond acceptors (Lipinski definition) is 6. The molecule has 42 heavy (non-hydrogen) atoms. The molecule has 3 aromatic rings. The molecule has 222 valence electrons. The van der Waals surface area contributed by atoms with Crippen LogP contribution >= 0.6 is 11.3 Å². The summed E-state index contributed by atoms with van der Waals surface area (Å²) in [5, 5.41) is 20.4. The zero-order valence-corrected chi connectivity index (χ0v) is 24.4. The maximum atomic E-state index is 14.0. The first-order chi connectivity index (χ1) is 20.2. The van der Waals surface area contributed by atoms with E-state index in [4.69, 9.17) is 0 Å². The first kappa shape index (κ1) is 28.9. The summed E-state index contributed by atoms with van der Waals surface area (Å²) >= 11 is 1.57. The molecule has 10 heteroatoms. The van der Waals surface area contributed by atoms with Gasteiger partial charge in [0.05, 0.1) is 18.2 Å².